The van der Waals surface area contributed by atoms with Crippen molar-refractivity contribution in [3.05, 3.63) is 59.7 Å². The van der Waals surface area contributed by atoms with Gasteiger partial charge in [-0.2, -0.15) is 0 Å². The number of carboxylic acids is 1. The number of alkyl carbamates (subject to hydrolysis) is 1. The number of carbonyl (C=O) groups is 3. The lowest BCUT2D eigenvalue weighted by Gasteiger charge is -2.29. The van der Waals surface area contributed by atoms with Crippen molar-refractivity contribution in [1.82, 2.24) is 10.2 Å². The van der Waals surface area contributed by atoms with E-state index in [1.165, 1.54) is 0 Å². The maximum absolute atomic E-state index is 13.2. The molecule has 8 heteroatoms. The zero-order valence-corrected chi connectivity index (χ0v) is 20.3. The number of nitrogens with zero attached hydrogens (tertiary/aromatic N) is 1. The second-order valence-corrected chi connectivity index (χ2v) is 9.83. The summed E-state index contributed by atoms with van der Waals surface area (Å²) in [6, 6.07) is 14.9. The van der Waals surface area contributed by atoms with Crippen molar-refractivity contribution < 1.29 is 29.0 Å². The first kappa shape index (κ1) is 24.7. The SMILES string of the molecule is CN(C(=O)C(CCC(=O)O)NC(=O)OCC1c2ccccc2-c2ccccc21)C1COC(C)(C)C1. The van der Waals surface area contributed by atoms with Crippen LogP contribution in [0.15, 0.2) is 48.5 Å². The maximum Gasteiger partial charge on any atom is 0.407 e. The Morgan fingerprint density at radius 3 is 2.26 bits per heavy atom. The minimum Gasteiger partial charge on any atom is -0.481 e. The lowest BCUT2D eigenvalue weighted by molar-refractivity contribution is -0.138. The summed E-state index contributed by atoms with van der Waals surface area (Å²) in [5, 5.41) is 11.8. The lowest BCUT2D eigenvalue weighted by atomic mass is 9.98. The third kappa shape index (κ3) is 5.48. The van der Waals surface area contributed by atoms with Gasteiger partial charge in [0.1, 0.15) is 12.6 Å². The molecule has 35 heavy (non-hydrogen) atoms. The van der Waals surface area contributed by atoms with Gasteiger partial charge in [0.25, 0.3) is 0 Å². The van der Waals surface area contributed by atoms with Crippen LogP contribution in [0.2, 0.25) is 0 Å². The fraction of sp³-hybridized carbons (Fsp3) is 0.444. The molecule has 1 fully saturated rings. The van der Waals surface area contributed by atoms with Crippen molar-refractivity contribution in [2.24, 2.45) is 0 Å². The molecule has 0 spiro atoms. The van der Waals surface area contributed by atoms with Gasteiger partial charge in [0.05, 0.1) is 18.2 Å². The van der Waals surface area contributed by atoms with Gasteiger partial charge in [-0.05, 0) is 48.9 Å². The van der Waals surface area contributed by atoms with Crippen molar-refractivity contribution >= 4 is 18.0 Å². The molecule has 2 amide bonds. The van der Waals surface area contributed by atoms with Crippen LogP contribution in [0.1, 0.15) is 50.2 Å². The summed E-state index contributed by atoms with van der Waals surface area (Å²) in [5.41, 5.74) is 4.08. The van der Waals surface area contributed by atoms with Gasteiger partial charge < -0.3 is 24.8 Å². The summed E-state index contributed by atoms with van der Waals surface area (Å²) in [6.07, 6.45) is -0.362. The van der Waals surface area contributed by atoms with Crippen molar-refractivity contribution in [2.75, 3.05) is 20.3 Å². The number of carbonyl (C=O) groups excluding carboxylic acids is 2. The summed E-state index contributed by atoms with van der Waals surface area (Å²) >= 11 is 0. The van der Waals surface area contributed by atoms with Crippen LogP contribution in [0.5, 0.6) is 0 Å². The van der Waals surface area contributed by atoms with Gasteiger partial charge in [-0.3, -0.25) is 9.59 Å². The van der Waals surface area contributed by atoms with E-state index >= 15 is 0 Å². The Morgan fingerprint density at radius 2 is 1.71 bits per heavy atom. The van der Waals surface area contributed by atoms with E-state index in [4.69, 9.17) is 14.6 Å². The number of carboxylic acid groups (broad SMARTS) is 1. The molecule has 1 aliphatic heterocycles. The third-order valence-electron chi connectivity index (χ3n) is 6.87. The Hall–Kier alpha value is -3.39. The summed E-state index contributed by atoms with van der Waals surface area (Å²) in [7, 11) is 1.66. The molecular formula is C27H32N2O6. The van der Waals surface area contributed by atoms with Crippen molar-refractivity contribution in [3.63, 3.8) is 0 Å². The maximum atomic E-state index is 13.2. The van der Waals surface area contributed by atoms with Crippen molar-refractivity contribution in [2.45, 2.75) is 56.7 Å². The van der Waals surface area contributed by atoms with Crippen LogP contribution in [0.25, 0.3) is 11.1 Å². The molecule has 4 rings (SSSR count). The largest absolute Gasteiger partial charge is 0.481 e. The normalized spacial score (nSPS) is 18.9. The van der Waals surface area contributed by atoms with Gasteiger partial charge >= 0.3 is 12.1 Å². The van der Waals surface area contributed by atoms with Gasteiger partial charge in [-0.15, -0.1) is 0 Å². The van der Waals surface area contributed by atoms with E-state index in [0.29, 0.717) is 13.0 Å². The molecule has 1 heterocycles. The molecule has 2 aromatic carbocycles. The molecule has 2 N–H and O–H groups in total. The van der Waals surface area contributed by atoms with Crippen molar-refractivity contribution in [3.8, 4) is 11.1 Å². The predicted octanol–water partition coefficient (Wildman–Crippen LogP) is 3.78. The minimum absolute atomic E-state index is 0.0281. The average Bonchev–Trinajstić information content (AvgIpc) is 3.36. The molecule has 2 unspecified atom stereocenters. The average molecular weight is 481 g/mol. The van der Waals surface area contributed by atoms with Crippen LogP contribution in [0, 0.1) is 0 Å². The Morgan fingerprint density at radius 1 is 1.11 bits per heavy atom. The topological polar surface area (TPSA) is 105 Å². The number of amides is 2. The minimum atomic E-state index is -1.04. The number of rotatable bonds is 8. The highest BCUT2D eigenvalue weighted by molar-refractivity contribution is 5.86. The molecule has 0 bridgehead atoms. The number of ether oxygens (including phenoxy) is 2. The van der Waals surface area contributed by atoms with Crippen molar-refractivity contribution in [1.29, 1.82) is 0 Å². The van der Waals surface area contributed by atoms with Gasteiger partial charge in [-0.25, -0.2) is 4.79 Å². The van der Waals surface area contributed by atoms with Crippen LogP contribution in [0.3, 0.4) is 0 Å². The first-order valence-corrected chi connectivity index (χ1v) is 11.9. The van der Waals surface area contributed by atoms with E-state index in [1.54, 1.807) is 11.9 Å². The van der Waals surface area contributed by atoms with Crippen LogP contribution in [-0.4, -0.2) is 65.9 Å². The number of nitrogens with one attached hydrogen (secondary N) is 1. The molecular weight excluding hydrogens is 448 g/mol. The summed E-state index contributed by atoms with van der Waals surface area (Å²) < 4.78 is 11.3. The van der Waals surface area contributed by atoms with E-state index in [9.17, 15) is 14.4 Å². The number of hydrogen-bond acceptors (Lipinski definition) is 5. The highest BCUT2D eigenvalue weighted by atomic mass is 16.5. The molecule has 2 atom stereocenters. The number of likely N-dealkylation sites (N-methyl/N-ethyl adjacent to an activating group) is 1. The smallest absolute Gasteiger partial charge is 0.407 e. The molecule has 186 valence electrons. The van der Waals surface area contributed by atoms with E-state index in [1.807, 2.05) is 50.2 Å². The highest BCUT2D eigenvalue weighted by Crippen LogP contribution is 2.44. The molecule has 8 nitrogen and oxygen atoms in total. The molecule has 1 saturated heterocycles. The summed E-state index contributed by atoms with van der Waals surface area (Å²) in [6.45, 7) is 4.43. The second-order valence-electron chi connectivity index (χ2n) is 9.83. The third-order valence-corrected chi connectivity index (χ3v) is 6.87. The number of fused-ring (bicyclic) bond motifs is 3. The lowest BCUT2D eigenvalue weighted by Crippen LogP contribution is -2.51. The van der Waals surface area contributed by atoms with Crippen LogP contribution >= 0.6 is 0 Å². The number of aliphatic carboxylic acids is 1. The molecule has 2 aromatic rings. The zero-order chi connectivity index (χ0) is 25.2. The predicted molar refractivity (Wildman–Crippen MR) is 130 cm³/mol. The number of benzene rings is 2. The number of hydrogen-bond donors (Lipinski definition) is 2. The quantitative estimate of drug-likeness (QED) is 0.596. The Bertz CT molecular complexity index is 1070. The van der Waals surface area contributed by atoms with Crippen LogP contribution in [-0.2, 0) is 19.1 Å². The second kappa shape index (κ2) is 10.1. The highest BCUT2D eigenvalue weighted by Gasteiger charge is 2.38. The molecule has 0 saturated carbocycles. The summed E-state index contributed by atoms with van der Waals surface area (Å²) in [4.78, 5) is 38.7. The Balaban J connectivity index is 1.42. The zero-order valence-electron chi connectivity index (χ0n) is 20.3. The van der Waals surface area contributed by atoms with Gasteiger partial charge in [0.15, 0.2) is 0 Å². The van der Waals surface area contributed by atoms with E-state index in [-0.39, 0.29) is 42.9 Å². The monoisotopic (exact) mass is 480 g/mol. The van der Waals surface area contributed by atoms with Gasteiger partial charge in [0.2, 0.25) is 5.91 Å². The molecule has 1 aliphatic carbocycles. The standard InChI is InChI=1S/C27H32N2O6/c1-27(2)14-17(15-35-27)29(3)25(32)23(12-13-24(30)31)28-26(33)34-16-22-20-10-6-4-8-18(20)19-9-5-7-11-21(19)22/h4-11,17,22-23H,12-16H2,1-3H3,(H,28,33)(H,30,31). The fourth-order valence-corrected chi connectivity index (χ4v) is 4.99. The van der Waals surface area contributed by atoms with Crippen LogP contribution < -0.4 is 5.32 Å². The molecule has 2 aliphatic rings. The fourth-order valence-electron chi connectivity index (χ4n) is 4.99. The van der Waals surface area contributed by atoms with E-state index < -0.39 is 18.1 Å². The first-order valence-electron chi connectivity index (χ1n) is 11.9. The Kier molecular flexibility index (Phi) is 7.12. The van der Waals surface area contributed by atoms with E-state index in [2.05, 4.69) is 17.4 Å². The summed E-state index contributed by atoms with van der Waals surface area (Å²) in [5.74, 6) is -1.50. The van der Waals surface area contributed by atoms with Gasteiger partial charge in [-0.1, -0.05) is 48.5 Å². The molecule has 0 radical (unpaired) electrons. The molecule has 0 aromatic heterocycles. The van der Waals surface area contributed by atoms with E-state index in [0.717, 1.165) is 22.3 Å². The first-order chi connectivity index (χ1) is 16.7. The van der Waals surface area contributed by atoms with Gasteiger partial charge in [0, 0.05) is 19.4 Å². The van der Waals surface area contributed by atoms with Crippen LogP contribution in [0.4, 0.5) is 4.79 Å². The Labute approximate surface area is 205 Å².